The van der Waals surface area contributed by atoms with E-state index in [1.54, 1.807) is 0 Å². The van der Waals surface area contributed by atoms with Crippen LogP contribution >= 0.6 is 27.3 Å². The zero-order chi connectivity index (χ0) is 19.6. The second-order valence-electron chi connectivity index (χ2n) is 5.62. The third-order valence-corrected chi connectivity index (χ3v) is 5.29. The molecule has 2 heterocycles. The molecule has 0 aliphatic heterocycles. The number of fused-ring (bicyclic) bond motifs is 1. The summed E-state index contributed by atoms with van der Waals surface area (Å²) in [5.74, 6) is 0. The lowest BCUT2D eigenvalue weighted by Gasteiger charge is -2.05. The van der Waals surface area contributed by atoms with Crippen molar-refractivity contribution in [2.24, 2.45) is 0 Å². The highest BCUT2D eigenvalue weighted by molar-refractivity contribution is 9.10. The van der Waals surface area contributed by atoms with Gasteiger partial charge in [0.1, 0.15) is 6.33 Å². The zero-order valence-corrected chi connectivity index (χ0v) is 16.1. The molecule has 0 atom stereocenters. The minimum atomic E-state index is -2.04. The van der Waals surface area contributed by atoms with Crippen molar-refractivity contribution in [2.75, 3.05) is 6.54 Å². The van der Waals surface area contributed by atoms with E-state index in [0.717, 1.165) is 24.1 Å². The lowest BCUT2D eigenvalue weighted by Crippen LogP contribution is -2.29. The number of thiophene rings is 1. The maximum absolute atomic E-state index is 13.0. The lowest BCUT2D eigenvalue weighted by atomic mass is 10.2. The van der Waals surface area contributed by atoms with Gasteiger partial charge in [-0.2, -0.15) is 13.9 Å². The normalized spacial score (nSPS) is 10.9. The summed E-state index contributed by atoms with van der Waals surface area (Å²) in [7, 11) is 0. The van der Waals surface area contributed by atoms with Crippen LogP contribution in [0.5, 0.6) is 0 Å². The smallest absolute Gasteiger partial charge is 0.404 e. The van der Waals surface area contributed by atoms with Gasteiger partial charge in [0.25, 0.3) is 6.08 Å². The van der Waals surface area contributed by atoms with Gasteiger partial charge in [-0.05, 0) is 23.6 Å². The van der Waals surface area contributed by atoms with E-state index in [0.29, 0.717) is 0 Å². The Morgan fingerprint density at radius 1 is 1.33 bits per heavy atom. The van der Waals surface area contributed by atoms with E-state index in [2.05, 4.69) is 21.0 Å². The van der Waals surface area contributed by atoms with Crippen LogP contribution in [0.3, 0.4) is 0 Å². The van der Waals surface area contributed by atoms with E-state index < -0.39 is 36.5 Å². The van der Waals surface area contributed by atoms with Gasteiger partial charge < -0.3 is 10.4 Å². The Labute approximate surface area is 163 Å². The molecule has 2 aromatic heterocycles. The Kier molecular flexibility index (Phi) is 5.71. The molecule has 1 amide bonds. The molecular formula is C16H13BrF2N4O3S. The number of rotatable bonds is 6. The Balaban J connectivity index is 1.78. The second-order valence-corrected chi connectivity index (χ2v) is 7.70. The molecule has 3 aromatic rings. The molecule has 0 fully saturated rings. The number of halogens is 3. The summed E-state index contributed by atoms with van der Waals surface area (Å²) in [6, 6.07) is 7.82. The number of hydrogen-bond donors (Lipinski definition) is 2. The van der Waals surface area contributed by atoms with Crippen molar-refractivity contribution in [2.45, 2.75) is 13.1 Å². The molecule has 3 rings (SSSR count). The summed E-state index contributed by atoms with van der Waals surface area (Å²) in [5, 5.41) is 15.3. The van der Waals surface area contributed by atoms with E-state index in [1.807, 2.05) is 29.6 Å². The number of benzene rings is 1. The van der Waals surface area contributed by atoms with Crippen molar-refractivity contribution in [3.8, 4) is 0 Å². The highest BCUT2D eigenvalue weighted by atomic mass is 79.9. The monoisotopic (exact) mass is 458 g/mol. The zero-order valence-electron chi connectivity index (χ0n) is 13.7. The van der Waals surface area contributed by atoms with E-state index in [9.17, 15) is 18.4 Å². The average molecular weight is 459 g/mol. The van der Waals surface area contributed by atoms with Crippen molar-refractivity contribution in [1.82, 2.24) is 19.7 Å². The van der Waals surface area contributed by atoms with Crippen LogP contribution in [-0.4, -0.2) is 32.1 Å². The number of aromatic nitrogens is 3. The molecule has 0 spiro atoms. The first-order valence-electron chi connectivity index (χ1n) is 7.63. The van der Waals surface area contributed by atoms with E-state index in [4.69, 9.17) is 5.11 Å². The topological polar surface area (TPSA) is 89.2 Å². The molecule has 7 nitrogen and oxygen atoms in total. The Hall–Kier alpha value is -2.53. The predicted octanol–water partition coefficient (Wildman–Crippen LogP) is 3.49. The number of carboxylic acid groups (broad SMARTS) is 1. The van der Waals surface area contributed by atoms with Crippen LogP contribution in [0.4, 0.5) is 13.6 Å². The van der Waals surface area contributed by atoms with Gasteiger partial charge >= 0.3 is 11.8 Å². The first-order valence-corrected chi connectivity index (χ1v) is 9.24. The summed E-state index contributed by atoms with van der Waals surface area (Å²) in [4.78, 5) is 23.8. The summed E-state index contributed by atoms with van der Waals surface area (Å²) >= 11 is 4.93. The summed E-state index contributed by atoms with van der Waals surface area (Å²) < 4.78 is 30.1. The summed E-state index contributed by atoms with van der Waals surface area (Å²) in [6.45, 7) is -0.809. The Bertz CT molecular complexity index is 1080. The van der Waals surface area contributed by atoms with Crippen LogP contribution in [0, 0.1) is 0 Å². The molecule has 0 unspecified atom stereocenters. The minimum absolute atomic E-state index is 0.264. The molecule has 11 heteroatoms. The Morgan fingerprint density at radius 3 is 2.81 bits per heavy atom. The van der Waals surface area contributed by atoms with Gasteiger partial charge in [-0.15, -0.1) is 11.3 Å². The van der Waals surface area contributed by atoms with E-state index in [-0.39, 0.29) is 6.54 Å². The number of hydrogen-bond acceptors (Lipinski definition) is 4. The number of carbonyl (C=O) groups is 1. The molecule has 27 heavy (non-hydrogen) atoms. The SMILES string of the molecule is O=C(O)NCC(Cn1ncn(Cc2cc3ccc(Br)cc3s2)c1=O)=C(F)F. The molecule has 1 aromatic carbocycles. The quantitative estimate of drug-likeness (QED) is 0.591. The van der Waals surface area contributed by atoms with E-state index >= 15 is 0 Å². The molecular weight excluding hydrogens is 446 g/mol. The van der Waals surface area contributed by atoms with Crippen molar-refractivity contribution < 1.29 is 18.7 Å². The third kappa shape index (κ3) is 4.61. The summed E-state index contributed by atoms with van der Waals surface area (Å²) in [5.41, 5.74) is -1.07. The lowest BCUT2D eigenvalue weighted by molar-refractivity contribution is 0.195. The molecule has 0 aliphatic carbocycles. The fraction of sp³-hybridized carbons (Fsp3) is 0.188. The van der Waals surface area contributed by atoms with Crippen molar-refractivity contribution in [3.05, 3.63) is 62.1 Å². The van der Waals surface area contributed by atoms with Gasteiger partial charge in [-0.3, -0.25) is 4.57 Å². The predicted molar refractivity (Wildman–Crippen MR) is 100 cm³/mol. The number of nitrogens with zero attached hydrogens (tertiary/aromatic N) is 3. The fourth-order valence-electron chi connectivity index (χ4n) is 2.44. The fourth-order valence-corrected chi connectivity index (χ4v) is 4.06. The van der Waals surface area contributed by atoms with Crippen LogP contribution in [0.25, 0.3) is 10.1 Å². The average Bonchev–Trinajstić information content (AvgIpc) is 3.15. The summed E-state index contributed by atoms with van der Waals surface area (Å²) in [6.07, 6.45) is -2.19. The van der Waals surface area contributed by atoms with Crippen molar-refractivity contribution >= 4 is 43.4 Å². The van der Waals surface area contributed by atoms with Crippen molar-refractivity contribution in [1.29, 1.82) is 0 Å². The molecule has 142 valence electrons. The molecule has 0 saturated heterocycles. The standard InChI is InChI=1S/C16H13BrF2N4O3S/c17-11-2-1-9-3-12(27-13(9)4-11)7-22-8-21-23(16(22)26)6-10(14(18)19)5-20-15(24)25/h1-4,8,20H,5-7H2,(H,24,25). The molecule has 0 bridgehead atoms. The van der Waals surface area contributed by atoms with Crippen LogP contribution in [0.2, 0.25) is 0 Å². The van der Waals surface area contributed by atoms with Crippen LogP contribution < -0.4 is 11.0 Å². The highest BCUT2D eigenvalue weighted by Gasteiger charge is 2.14. The van der Waals surface area contributed by atoms with Gasteiger partial charge in [0.15, 0.2) is 0 Å². The molecule has 0 aliphatic rings. The van der Waals surface area contributed by atoms with Crippen LogP contribution in [0.1, 0.15) is 4.88 Å². The minimum Gasteiger partial charge on any atom is -0.465 e. The van der Waals surface area contributed by atoms with Gasteiger partial charge in [-0.1, -0.05) is 22.0 Å². The molecule has 0 saturated carbocycles. The molecule has 0 radical (unpaired) electrons. The first kappa shape index (κ1) is 19.2. The largest absolute Gasteiger partial charge is 0.465 e. The van der Waals surface area contributed by atoms with Crippen molar-refractivity contribution in [3.63, 3.8) is 0 Å². The second kappa shape index (κ2) is 8.01. The van der Waals surface area contributed by atoms with Gasteiger partial charge in [0.05, 0.1) is 13.1 Å². The number of nitrogens with one attached hydrogen (secondary N) is 1. The number of amides is 1. The third-order valence-electron chi connectivity index (χ3n) is 3.72. The van der Waals surface area contributed by atoms with Crippen LogP contribution in [0.15, 0.2) is 51.5 Å². The van der Waals surface area contributed by atoms with Gasteiger partial charge in [0.2, 0.25) is 0 Å². The maximum Gasteiger partial charge on any atom is 0.404 e. The van der Waals surface area contributed by atoms with Gasteiger partial charge in [0, 0.05) is 26.2 Å². The maximum atomic E-state index is 13.0. The first-order chi connectivity index (χ1) is 12.8. The van der Waals surface area contributed by atoms with Gasteiger partial charge in [-0.25, -0.2) is 14.3 Å². The Morgan fingerprint density at radius 2 is 2.11 bits per heavy atom. The molecule has 2 N–H and O–H groups in total. The highest BCUT2D eigenvalue weighted by Crippen LogP contribution is 2.28. The van der Waals surface area contributed by atoms with E-state index in [1.165, 1.54) is 22.2 Å². The van der Waals surface area contributed by atoms with Crippen LogP contribution in [-0.2, 0) is 13.1 Å².